The highest BCUT2D eigenvalue weighted by atomic mass is 35.5. The molecule has 1 rings (SSSR count). The van der Waals surface area contributed by atoms with Gasteiger partial charge in [0.1, 0.15) is 0 Å². The maximum atomic E-state index is 11.8. The third-order valence-corrected chi connectivity index (χ3v) is 5.24. The molecule has 2 nitrogen and oxygen atoms in total. The molecule has 0 radical (unpaired) electrons. The van der Waals surface area contributed by atoms with E-state index >= 15 is 0 Å². The summed E-state index contributed by atoms with van der Waals surface area (Å²) in [5.41, 5.74) is 1.07. The minimum Gasteiger partial charge on any atom is -0.224 e. The summed E-state index contributed by atoms with van der Waals surface area (Å²) in [6.07, 6.45) is 0.638. The lowest BCUT2D eigenvalue weighted by Gasteiger charge is -2.14. The predicted molar refractivity (Wildman–Crippen MR) is 72.5 cm³/mol. The molecule has 0 spiro atoms. The van der Waals surface area contributed by atoms with Crippen molar-refractivity contribution in [2.75, 3.05) is 5.75 Å². The summed E-state index contributed by atoms with van der Waals surface area (Å²) < 4.78 is 23.6. The zero-order valence-electron chi connectivity index (χ0n) is 10.5. The van der Waals surface area contributed by atoms with Crippen LogP contribution in [0.3, 0.4) is 0 Å². The highest BCUT2D eigenvalue weighted by Gasteiger charge is 2.15. The van der Waals surface area contributed by atoms with Crippen LogP contribution in [0.4, 0.5) is 0 Å². The van der Waals surface area contributed by atoms with E-state index in [1.54, 1.807) is 12.1 Å². The molecule has 2 unspecified atom stereocenters. The number of rotatable bonds is 5. The molecule has 1 aromatic rings. The summed E-state index contributed by atoms with van der Waals surface area (Å²) in [4.78, 5) is 0.400. The molecule has 2 atom stereocenters. The second-order valence-corrected chi connectivity index (χ2v) is 7.15. The van der Waals surface area contributed by atoms with E-state index in [-0.39, 0.29) is 17.0 Å². The van der Waals surface area contributed by atoms with Crippen molar-refractivity contribution in [3.63, 3.8) is 0 Å². The molecule has 0 aromatic heterocycles. The molecule has 0 bridgehead atoms. The van der Waals surface area contributed by atoms with Crippen molar-refractivity contribution in [2.45, 2.75) is 43.4 Å². The Morgan fingerprint density at radius 1 is 1.18 bits per heavy atom. The molecule has 1 aromatic carbocycles. The molecule has 0 aliphatic heterocycles. The zero-order valence-corrected chi connectivity index (χ0v) is 12.1. The molecular weight excluding hydrogens is 256 g/mol. The molecule has 0 aliphatic rings. The average Bonchev–Trinajstić information content (AvgIpc) is 2.28. The van der Waals surface area contributed by atoms with E-state index in [1.807, 2.05) is 32.9 Å². The summed E-state index contributed by atoms with van der Waals surface area (Å²) in [7, 11) is -3.11. The van der Waals surface area contributed by atoms with Gasteiger partial charge in [-0.05, 0) is 37.0 Å². The van der Waals surface area contributed by atoms with Crippen LogP contribution in [0.5, 0.6) is 0 Å². The van der Waals surface area contributed by atoms with Crippen molar-refractivity contribution in [1.29, 1.82) is 0 Å². The third kappa shape index (κ3) is 3.71. The quantitative estimate of drug-likeness (QED) is 0.769. The Balaban J connectivity index is 2.96. The van der Waals surface area contributed by atoms with Gasteiger partial charge in [-0.15, -0.1) is 11.6 Å². The van der Waals surface area contributed by atoms with Crippen molar-refractivity contribution < 1.29 is 8.42 Å². The van der Waals surface area contributed by atoms with Gasteiger partial charge in [0.15, 0.2) is 9.84 Å². The lowest BCUT2D eigenvalue weighted by molar-refractivity contribution is 0.594. The third-order valence-electron chi connectivity index (χ3n) is 2.93. The van der Waals surface area contributed by atoms with E-state index in [1.165, 1.54) is 0 Å². The molecular formula is C13H19ClO2S. The summed E-state index contributed by atoms with van der Waals surface area (Å²) in [6, 6.07) is 7.06. The second-order valence-electron chi connectivity index (χ2n) is 4.35. The van der Waals surface area contributed by atoms with Crippen LogP contribution < -0.4 is 0 Å². The number of benzene rings is 1. The van der Waals surface area contributed by atoms with Crippen LogP contribution in [-0.2, 0) is 9.84 Å². The van der Waals surface area contributed by atoms with E-state index < -0.39 is 9.84 Å². The zero-order chi connectivity index (χ0) is 13.1. The molecule has 4 heteroatoms. The van der Waals surface area contributed by atoms with Gasteiger partial charge in [0.2, 0.25) is 0 Å². The van der Waals surface area contributed by atoms with Gasteiger partial charge in [0.05, 0.1) is 10.6 Å². The minimum absolute atomic E-state index is 0.0353. The van der Waals surface area contributed by atoms with Gasteiger partial charge in [-0.25, -0.2) is 8.42 Å². The topological polar surface area (TPSA) is 34.1 Å². The fraction of sp³-hybridized carbons (Fsp3) is 0.538. The van der Waals surface area contributed by atoms with E-state index in [0.717, 1.165) is 5.56 Å². The average molecular weight is 275 g/mol. The first kappa shape index (κ1) is 14.5. The molecule has 0 aliphatic carbocycles. The standard InChI is InChI=1S/C13H19ClO2S/c1-4-9-17(15,16)13-7-5-12(6-8-13)10(2)11(3)14/h5-8,10-11H,4,9H2,1-3H3. The number of alkyl halides is 1. The highest BCUT2D eigenvalue weighted by Crippen LogP contribution is 2.24. The molecule has 17 heavy (non-hydrogen) atoms. The first-order valence-electron chi connectivity index (χ1n) is 5.85. The van der Waals surface area contributed by atoms with E-state index in [0.29, 0.717) is 11.3 Å². The lowest BCUT2D eigenvalue weighted by atomic mass is 9.99. The molecule has 0 saturated heterocycles. The Bertz CT molecular complexity index is 449. The number of sulfone groups is 1. The van der Waals surface area contributed by atoms with Crippen LogP contribution in [0, 0.1) is 0 Å². The highest BCUT2D eigenvalue weighted by molar-refractivity contribution is 7.91. The number of hydrogen-bond acceptors (Lipinski definition) is 2. The molecule has 0 N–H and O–H groups in total. The maximum Gasteiger partial charge on any atom is 0.178 e. The number of halogens is 1. The monoisotopic (exact) mass is 274 g/mol. The van der Waals surface area contributed by atoms with Crippen molar-refractivity contribution in [1.82, 2.24) is 0 Å². The first-order valence-corrected chi connectivity index (χ1v) is 7.94. The van der Waals surface area contributed by atoms with Crippen molar-refractivity contribution in [3.8, 4) is 0 Å². The Morgan fingerprint density at radius 3 is 2.12 bits per heavy atom. The molecule has 0 heterocycles. The normalized spacial score (nSPS) is 15.5. The van der Waals surface area contributed by atoms with E-state index in [2.05, 4.69) is 0 Å². The molecule has 0 fully saturated rings. The van der Waals surface area contributed by atoms with Gasteiger partial charge in [-0.1, -0.05) is 26.0 Å². The lowest BCUT2D eigenvalue weighted by Crippen LogP contribution is -2.08. The van der Waals surface area contributed by atoms with Crippen LogP contribution in [-0.4, -0.2) is 19.5 Å². The van der Waals surface area contributed by atoms with Gasteiger partial charge in [-0.2, -0.15) is 0 Å². The van der Waals surface area contributed by atoms with Crippen LogP contribution in [0.25, 0.3) is 0 Å². The Kier molecular flexibility index (Phi) is 5.02. The Morgan fingerprint density at radius 2 is 1.71 bits per heavy atom. The van der Waals surface area contributed by atoms with Crippen molar-refractivity contribution in [3.05, 3.63) is 29.8 Å². The Labute approximate surface area is 109 Å². The predicted octanol–water partition coefficient (Wildman–Crippen LogP) is 3.60. The van der Waals surface area contributed by atoms with Crippen molar-refractivity contribution in [2.24, 2.45) is 0 Å². The van der Waals surface area contributed by atoms with Gasteiger partial charge in [0.25, 0.3) is 0 Å². The fourth-order valence-corrected chi connectivity index (χ4v) is 3.10. The summed E-state index contributed by atoms with van der Waals surface area (Å²) >= 11 is 6.02. The van der Waals surface area contributed by atoms with Crippen LogP contribution in [0.2, 0.25) is 0 Å². The Hall–Kier alpha value is -0.540. The largest absolute Gasteiger partial charge is 0.224 e. The molecule has 0 amide bonds. The van der Waals surface area contributed by atoms with Crippen LogP contribution in [0.1, 0.15) is 38.7 Å². The molecule has 96 valence electrons. The summed E-state index contributed by atoms with van der Waals surface area (Å²) in [5.74, 6) is 0.424. The van der Waals surface area contributed by atoms with Crippen LogP contribution >= 0.6 is 11.6 Å². The van der Waals surface area contributed by atoms with Gasteiger partial charge >= 0.3 is 0 Å². The van der Waals surface area contributed by atoms with Crippen molar-refractivity contribution >= 4 is 21.4 Å². The summed E-state index contributed by atoms with van der Waals surface area (Å²) in [6.45, 7) is 5.84. The fourth-order valence-electron chi connectivity index (χ4n) is 1.63. The van der Waals surface area contributed by atoms with Gasteiger partial charge < -0.3 is 0 Å². The van der Waals surface area contributed by atoms with Crippen LogP contribution in [0.15, 0.2) is 29.2 Å². The minimum atomic E-state index is -3.11. The smallest absolute Gasteiger partial charge is 0.178 e. The molecule has 0 saturated carbocycles. The first-order chi connectivity index (χ1) is 7.88. The van der Waals surface area contributed by atoms with Gasteiger partial charge in [0, 0.05) is 5.38 Å². The van der Waals surface area contributed by atoms with E-state index in [9.17, 15) is 8.42 Å². The van der Waals surface area contributed by atoms with Gasteiger partial charge in [-0.3, -0.25) is 0 Å². The second kappa shape index (κ2) is 5.87. The van der Waals surface area contributed by atoms with E-state index in [4.69, 9.17) is 11.6 Å². The SMILES string of the molecule is CCCS(=O)(=O)c1ccc(C(C)C(C)Cl)cc1. The number of hydrogen-bond donors (Lipinski definition) is 0. The summed E-state index contributed by atoms with van der Waals surface area (Å²) in [5, 5.41) is 0.0353. The maximum absolute atomic E-state index is 11.8.